The van der Waals surface area contributed by atoms with E-state index in [1.165, 1.54) is 4.90 Å². The van der Waals surface area contributed by atoms with Gasteiger partial charge in [0.15, 0.2) is 0 Å². The standard InChI is InChI=1S/C18H23N3O2/c1-3-4-5-8-11-18(2)16(22)21(17(23)20-18)13-15-10-7-6-9-14(15)12-19/h6-7,9-10H,3-5,8,11,13H2,1-2H3,(H,20,23). The van der Waals surface area contributed by atoms with Gasteiger partial charge in [0.1, 0.15) is 5.54 Å². The third kappa shape index (κ3) is 3.70. The largest absolute Gasteiger partial charge is 0.325 e. The van der Waals surface area contributed by atoms with Crippen molar-refractivity contribution in [1.29, 1.82) is 5.26 Å². The van der Waals surface area contributed by atoms with Crippen molar-refractivity contribution in [2.75, 3.05) is 0 Å². The van der Waals surface area contributed by atoms with Crippen LogP contribution in [0.25, 0.3) is 0 Å². The molecule has 122 valence electrons. The van der Waals surface area contributed by atoms with E-state index in [2.05, 4.69) is 18.3 Å². The molecule has 1 N–H and O–H groups in total. The first kappa shape index (κ1) is 17.0. The van der Waals surface area contributed by atoms with Crippen LogP contribution < -0.4 is 5.32 Å². The lowest BCUT2D eigenvalue weighted by atomic mass is 9.94. The Labute approximate surface area is 137 Å². The molecule has 0 aliphatic carbocycles. The molecule has 0 radical (unpaired) electrons. The second-order valence-corrected chi connectivity index (χ2v) is 6.23. The molecule has 1 atom stereocenters. The third-order valence-corrected chi connectivity index (χ3v) is 4.34. The number of carbonyl (C=O) groups excluding carboxylic acids is 2. The number of rotatable bonds is 7. The Kier molecular flexibility index (Phi) is 5.38. The first-order valence-corrected chi connectivity index (χ1v) is 8.14. The van der Waals surface area contributed by atoms with Crippen molar-refractivity contribution in [3.05, 3.63) is 35.4 Å². The average Bonchev–Trinajstić information content (AvgIpc) is 2.76. The van der Waals surface area contributed by atoms with Gasteiger partial charge in [0, 0.05) is 0 Å². The van der Waals surface area contributed by atoms with E-state index in [4.69, 9.17) is 5.26 Å². The van der Waals surface area contributed by atoms with Gasteiger partial charge in [-0.05, 0) is 25.0 Å². The zero-order chi connectivity index (χ0) is 16.9. The van der Waals surface area contributed by atoms with Gasteiger partial charge in [-0.1, -0.05) is 50.8 Å². The predicted molar refractivity (Wildman–Crippen MR) is 87.4 cm³/mol. The highest BCUT2D eigenvalue weighted by Crippen LogP contribution is 2.26. The number of nitrogens with zero attached hydrogens (tertiary/aromatic N) is 2. The fourth-order valence-corrected chi connectivity index (χ4v) is 2.90. The lowest BCUT2D eigenvalue weighted by Crippen LogP contribution is -2.43. The molecule has 1 heterocycles. The highest BCUT2D eigenvalue weighted by molar-refractivity contribution is 6.06. The van der Waals surface area contributed by atoms with Crippen LogP contribution in [0.4, 0.5) is 4.79 Å². The van der Waals surface area contributed by atoms with Crippen molar-refractivity contribution in [2.45, 2.75) is 58.0 Å². The molecule has 0 aromatic heterocycles. The van der Waals surface area contributed by atoms with Crippen LogP contribution in [0.5, 0.6) is 0 Å². The van der Waals surface area contributed by atoms with Crippen molar-refractivity contribution in [1.82, 2.24) is 10.2 Å². The first-order valence-electron chi connectivity index (χ1n) is 8.14. The second kappa shape index (κ2) is 7.28. The summed E-state index contributed by atoms with van der Waals surface area (Å²) in [7, 11) is 0. The smallest absolute Gasteiger partial charge is 0.323 e. The minimum Gasteiger partial charge on any atom is -0.323 e. The summed E-state index contributed by atoms with van der Waals surface area (Å²) in [6.45, 7) is 4.06. The molecule has 1 unspecified atom stereocenters. The maximum Gasteiger partial charge on any atom is 0.325 e. The SMILES string of the molecule is CCCCCCC1(C)NC(=O)N(Cc2ccccc2C#N)C1=O. The molecule has 1 fully saturated rings. The van der Waals surface area contributed by atoms with Gasteiger partial charge >= 0.3 is 6.03 Å². The molecule has 0 bridgehead atoms. The summed E-state index contributed by atoms with van der Waals surface area (Å²) in [5.41, 5.74) is 0.352. The summed E-state index contributed by atoms with van der Waals surface area (Å²) in [6, 6.07) is 8.76. The summed E-state index contributed by atoms with van der Waals surface area (Å²) < 4.78 is 0. The number of imide groups is 1. The van der Waals surface area contributed by atoms with Crippen LogP contribution in [0.2, 0.25) is 0 Å². The summed E-state index contributed by atoms with van der Waals surface area (Å²) in [5, 5.41) is 12.0. The summed E-state index contributed by atoms with van der Waals surface area (Å²) in [5.74, 6) is -0.202. The van der Waals surface area contributed by atoms with Crippen molar-refractivity contribution < 1.29 is 9.59 Å². The van der Waals surface area contributed by atoms with Gasteiger partial charge in [-0.15, -0.1) is 0 Å². The number of nitriles is 1. The number of urea groups is 1. The Morgan fingerprint density at radius 2 is 1.96 bits per heavy atom. The van der Waals surface area contributed by atoms with Gasteiger partial charge in [-0.25, -0.2) is 4.79 Å². The lowest BCUT2D eigenvalue weighted by Gasteiger charge is -2.21. The topological polar surface area (TPSA) is 73.2 Å². The Balaban J connectivity index is 2.08. The quantitative estimate of drug-likeness (QED) is 0.620. The lowest BCUT2D eigenvalue weighted by molar-refractivity contribution is -0.131. The fourth-order valence-electron chi connectivity index (χ4n) is 2.90. The Morgan fingerprint density at radius 1 is 1.22 bits per heavy atom. The third-order valence-electron chi connectivity index (χ3n) is 4.34. The van der Waals surface area contributed by atoms with Crippen molar-refractivity contribution in [3.63, 3.8) is 0 Å². The van der Waals surface area contributed by atoms with Crippen LogP contribution >= 0.6 is 0 Å². The van der Waals surface area contributed by atoms with E-state index >= 15 is 0 Å². The Hall–Kier alpha value is -2.35. The van der Waals surface area contributed by atoms with Crippen LogP contribution in [0.1, 0.15) is 57.1 Å². The predicted octanol–water partition coefficient (Wildman–Crippen LogP) is 3.34. The van der Waals surface area contributed by atoms with Gasteiger partial charge in [0.05, 0.1) is 18.2 Å². The van der Waals surface area contributed by atoms with Crippen LogP contribution in [0.3, 0.4) is 0 Å². The van der Waals surface area contributed by atoms with Crippen molar-refractivity contribution >= 4 is 11.9 Å². The fraction of sp³-hybridized carbons (Fsp3) is 0.500. The Bertz CT molecular complexity index is 635. The van der Waals surface area contributed by atoms with E-state index in [1.54, 1.807) is 31.2 Å². The molecule has 2 rings (SSSR count). The minimum atomic E-state index is -0.827. The molecule has 5 heteroatoms. The summed E-state index contributed by atoms with van der Waals surface area (Å²) in [4.78, 5) is 26.1. The zero-order valence-electron chi connectivity index (χ0n) is 13.8. The van der Waals surface area contributed by atoms with E-state index in [-0.39, 0.29) is 18.5 Å². The van der Waals surface area contributed by atoms with Crippen LogP contribution in [-0.2, 0) is 11.3 Å². The highest BCUT2D eigenvalue weighted by Gasteiger charge is 2.47. The number of hydrogen-bond acceptors (Lipinski definition) is 3. The number of nitrogens with one attached hydrogen (secondary N) is 1. The molecule has 0 spiro atoms. The van der Waals surface area contributed by atoms with Crippen LogP contribution in [0.15, 0.2) is 24.3 Å². The van der Waals surface area contributed by atoms with Gasteiger partial charge in [-0.3, -0.25) is 9.69 Å². The molecular weight excluding hydrogens is 290 g/mol. The molecular formula is C18H23N3O2. The number of hydrogen-bond donors (Lipinski definition) is 1. The number of carbonyl (C=O) groups is 2. The summed E-state index contributed by atoms with van der Waals surface area (Å²) in [6.07, 6.45) is 4.89. The molecule has 23 heavy (non-hydrogen) atoms. The summed E-state index contributed by atoms with van der Waals surface area (Å²) >= 11 is 0. The Morgan fingerprint density at radius 3 is 2.65 bits per heavy atom. The monoisotopic (exact) mass is 313 g/mol. The maximum absolute atomic E-state index is 12.7. The van der Waals surface area contributed by atoms with Gasteiger partial charge < -0.3 is 5.32 Å². The molecule has 1 aliphatic heterocycles. The molecule has 1 aromatic rings. The molecule has 3 amide bonds. The highest BCUT2D eigenvalue weighted by atomic mass is 16.2. The van der Waals surface area contributed by atoms with E-state index in [9.17, 15) is 9.59 Å². The number of amides is 3. The molecule has 1 aromatic carbocycles. The second-order valence-electron chi connectivity index (χ2n) is 6.23. The molecule has 1 saturated heterocycles. The van der Waals surface area contributed by atoms with Gasteiger partial charge in [0.25, 0.3) is 5.91 Å². The number of unbranched alkanes of at least 4 members (excludes halogenated alkanes) is 3. The van der Waals surface area contributed by atoms with Crippen molar-refractivity contribution in [2.24, 2.45) is 0 Å². The minimum absolute atomic E-state index is 0.138. The van der Waals surface area contributed by atoms with E-state index in [0.717, 1.165) is 25.7 Å². The van der Waals surface area contributed by atoms with Gasteiger partial charge in [0.2, 0.25) is 0 Å². The average molecular weight is 313 g/mol. The van der Waals surface area contributed by atoms with Gasteiger partial charge in [-0.2, -0.15) is 5.26 Å². The molecule has 1 aliphatic rings. The normalized spacial score (nSPS) is 20.5. The van der Waals surface area contributed by atoms with Crippen molar-refractivity contribution in [3.8, 4) is 6.07 Å². The number of benzene rings is 1. The van der Waals surface area contributed by atoms with E-state index in [1.807, 2.05) is 0 Å². The zero-order valence-corrected chi connectivity index (χ0v) is 13.8. The molecule has 5 nitrogen and oxygen atoms in total. The first-order chi connectivity index (χ1) is 11.0. The maximum atomic E-state index is 12.7. The van der Waals surface area contributed by atoms with E-state index in [0.29, 0.717) is 17.5 Å². The molecule has 0 saturated carbocycles. The van der Waals surface area contributed by atoms with Crippen LogP contribution in [0, 0.1) is 11.3 Å². The van der Waals surface area contributed by atoms with E-state index < -0.39 is 5.54 Å². The van der Waals surface area contributed by atoms with Crippen LogP contribution in [-0.4, -0.2) is 22.4 Å².